The molecule has 3 N–H and O–H groups in total. The molecule has 96 valence electrons. The average Bonchev–Trinajstić information content (AvgIpc) is 2.29. The van der Waals surface area contributed by atoms with Crippen LogP contribution in [0.4, 0.5) is 5.69 Å². The molecule has 2 nitrogen and oxygen atoms in total. The van der Waals surface area contributed by atoms with Gasteiger partial charge in [-0.3, -0.25) is 0 Å². The smallest absolute Gasteiger partial charge is 0.0340 e. The molecular weight excluding hydrogens is 208 g/mol. The molecule has 0 fully saturated rings. The van der Waals surface area contributed by atoms with Crippen LogP contribution in [0.15, 0.2) is 24.3 Å². The molecule has 0 aromatic heterocycles. The van der Waals surface area contributed by atoms with Gasteiger partial charge in [0.05, 0.1) is 0 Å². The van der Waals surface area contributed by atoms with Crippen LogP contribution in [0, 0.1) is 5.41 Å². The number of nitrogens with one attached hydrogen (secondary N) is 1. The van der Waals surface area contributed by atoms with Gasteiger partial charge in [0.2, 0.25) is 0 Å². The van der Waals surface area contributed by atoms with Gasteiger partial charge >= 0.3 is 0 Å². The van der Waals surface area contributed by atoms with Crippen molar-refractivity contribution in [1.29, 1.82) is 0 Å². The highest BCUT2D eigenvalue weighted by atomic mass is 14.9. The number of rotatable bonds is 6. The van der Waals surface area contributed by atoms with Crippen LogP contribution >= 0.6 is 0 Å². The summed E-state index contributed by atoms with van der Waals surface area (Å²) in [7, 11) is 0. The van der Waals surface area contributed by atoms with Crippen LogP contribution in [0.2, 0.25) is 0 Å². The SMILES string of the molecule is CC(C)c1ccc(NCCC(C)(C)CN)cc1. The second kappa shape index (κ2) is 6.06. The summed E-state index contributed by atoms with van der Waals surface area (Å²) in [6.07, 6.45) is 1.09. The molecule has 0 bridgehead atoms. The van der Waals surface area contributed by atoms with E-state index in [4.69, 9.17) is 5.73 Å². The maximum Gasteiger partial charge on any atom is 0.0340 e. The van der Waals surface area contributed by atoms with Crippen LogP contribution in [0.1, 0.15) is 45.6 Å². The summed E-state index contributed by atoms with van der Waals surface area (Å²) < 4.78 is 0. The van der Waals surface area contributed by atoms with Gasteiger partial charge in [-0.15, -0.1) is 0 Å². The Hall–Kier alpha value is -1.02. The van der Waals surface area contributed by atoms with Crippen LogP contribution in [0.5, 0.6) is 0 Å². The van der Waals surface area contributed by atoms with E-state index in [1.807, 2.05) is 0 Å². The van der Waals surface area contributed by atoms with Gasteiger partial charge in [0, 0.05) is 12.2 Å². The van der Waals surface area contributed by atoms with Crippen LogP contribution in [-0.4, -0.2) is 13.1 Å². The zero-order valence-corrected chi connectivity index (χ0v) is 11.6. The standard InChI is InChI=1S/C15H26N2/c1-12(2)13-5-7-14(8-6-13)17-10-9-15(3,4)11-16/h5-8,12,17H,9-11,16H2,1-4H3. The van der Waals surface area contributed by atoms with Crippen molar-refractivity contribution in [3.63, 3.8) is 0 Å². The van der Waals surface area contributed by atoms with Crippen molar-refractivity contribution in [3.8, 4) is 0 Å². The normalized spacial score (nSPS) is 11.9. The molecule has 0 saturated heterocycles. The minimum absolute atomic E-state index is 0.227. The van der Waals surface area contributed by atoms with Gasteiger partial charge < -0.3 is 11.1 Å². The van der Waals surface area contributed by atoms with Crippen molar-refractivity contribution >= 4 is 5.69 Å². The fraction of sp³-hybridized carbons (Fsp3) is 0.600. The Labute approximate surface area is 106 Å². The van der Waals surface area contributed by atoms with E-state index in [0.29, 0.717) is 5.92 Å². The minimum Gasteiger partial charge on any atom is -0.385 e. The zero-order chi connectivity index (χ0) is 12.9. The summed E-state index contributed by atoms with van der Waals surface area (Å²) in [4.78, 5) is 0. The number of nitrogens with two attached hydrogens (primary N) is 1. The van der Waals surface area contributed by atoms with E-state index in [2.05, 4.69) is 57.3 Å². The molecule has 1 rings (SSSR count). The second-order valence-electron chi connectivity index (χ2n) is 5.82. The molecule has 0 radical (unpaired) electrons. The van der Waals surface area contributed by atoms with Crippen molar-refractivity contribution in [3.05, 3.63) is 29.8 Å². The second-order valence-corrected chi connectivity index (χ2v) is 5.82. The Bertz CT molecular complexity index is 325. The molecular formula is C15H26N2. The van der Waals surface area contributed by atoms with Gasteiger partial charge in [0.15, 0.2) is 0 Å². The molecule has 0 aliphatic rings. The Morgan fingerprint density at radius 2 is 1.76 bits per heavy atom. The maximum atomic E-state index is 5.71. The lowest BCUT2D eigenvalue weighted by molar-refractivity contribution is 0.358. The highest BCUT2D eigenvalue weighted by Gasteiger charge is 2.14. The zero-order valence-electron chi connectivity index (χ0n) is 11.6. The fourth-order valence-electron chi connectivity index (χ4n) is 1.63. The lowest BCUT2D eigenvalue weighted by atomic mass is 9.90. The topological polar surface area (TPSA) is 38.0 Å². The van der Waals surface area contributed by atoms with Gasteiger partial charge in [-0.25, -0.2) is 0 Å². The quantitative estimate of drug-likeness (QED) is 0.789. The third kappa shape index (κ3) is 4.78. The monoisotopic (exact) mass is 234 g/mol. The lowest BCUT2D eigenvalue weighted by Crippen LogP contribution is -2.26. The molecule has 1 aromatic rings. The molecule has 17 heavy (non-hydrogen) atoms. The van der Waals surface area contributed by atoms with Gasteiger partial charge in [0.1, 0.15) is 0 Å². The molecule has 0 heterocycles. The Morgan fingerprint density at radius 3 is 2.24 bits per heavy atom. The first-order valence-corrected chi connectivity index (χ1v) is 6.48. The number of anilines is 1. The van der Waals surface area contributed by atoms with E-state index in [9.17, 15) is 0 Å². The predicted molar refractivity (Wildman–Crippen MR) is 76.5 cm³/mol. The van der Waals surface area contributed by atoms with E-state index < -0.39 is 0 Å². The molecule has 2 heteroatoms. The summed E-state index contributed by atoms with van der Waals surface area (Å²) in [5.74, 6) is 0.597. The van der Waals surface area contributed by atoms with Gasteiger partial charge in [-0.2, -0.15) is 0 Å². The molecule has 0 aliphatic carbocycles. The highest BCUT2D eigenvalue weighted by molar-refractivity contribution is 5.45. The third-order valence-electron chi connectivity index (χ3n) is 3.26. The van der Waals surface area contributed by atoms with Gasteiger partial charge in [-0.05, 0) is 42.0 Å². The number of hydrogen-bond donors (Lipinski definition) is 2. The molecule has 0 amide bonds. The number of benzene rings is 1. The first-order chi connectivity index (χ1) is 7.94. The van der Waals surface area contributed by atoms with Crippen LogP contribution in [0.3, 0.4) is 0 Å². The van der Waals surface area contributed by atoms with Crippen LogP contribution in [0.25, 0.3) is 0 Å². The van der Waals surface area contributed by atoms with E-state index in [1.165, 1.54) is 11.3 Å². The van der Waals surface area contributed by atoms with E-state index in [0.717, 1.165) is 19.5 Å². The predicted octanol–water partition coefficient (Wildman–Crippen LogP) is 3.60. The van der Waals surface area contributed by atoms with Crippen molar-refractivity contribution in [2.45, 2.75) is 40.0 Å². The fourth-order valence-corrected chi connectivity index (χ4v) is 1.63. The molecule has 0 spiro atoms. The highest BCUT2D eigenvalue weighted by Crippen LogP contribution is 2.20. The van der Waals surface area contributed by atoms with E-state index >= 15 is 0 Å². The maximum absolute atomic E-state index is 5.71. The third-order valence-corrected chi connectivity index (χ3v) is 3.26. The summed E-state index contributed by atoms with van der Waals surface area (Å²) in [5, 5.41) is 3.45. The Morgan fingerprint density at radius 1 is 1.18 bits per heavy atom. The summed E-state index contributed by atoms with van der Waals surface area (Å²) in [6, 6.07) is 8.71. The molecule has 0 aliphatic heterocycles. The minimum atomic E-state index is 0.227. The molecule has 1 aromatic carbocycles. The summed E-state index contributed by atoms with van der Waals surface area (Å²) in [6.45, 7) is 10.6. The number of hydrogen-bond acceptors (Lipinski definition) is 2. The van der Waals surface area contributed by atoms with E-state index in [1.54, 1.807) is 0 Å². The van der Waals surface area contributed by atoms with Gasteiger partial charge in [0.25, 0.3) is 0 Å². The average molecular weight is 234 g/mol. The van der Waals surface area contributed by atoms with Crippen LogP contribution < -0.4 is 11.1 Å². The van der Waals surface area contributed by atoms with Gasteiger partial charge in [-0.1, -0.05) is 39.8 Å². The summed E-state index contributed by atoms with van der Waals surface area (Å²) >= 11 is 0. The van der Waals surface area contributed by atoms with E-state index in [-0.39, 0.29) is 5.41 Å². The lowest BCUT2D eigenvalue weighted by Gasteiger charge is -2.22. The Balaban J connectivity index is 2.42. The molecule has 0 atom stereocenters. The first kappa shape index (κ1) is 14.0. The first-order valence-electron chi connectivity index (χ1n) is 6.48. The van der Waals surface area contributed by atoms with Crippen molar-refractivity contribution in [1.82, 2.24) is 0 Å². The largest absolute Gasteiger partial charge is 0.385 e. The van der Waals surface area contributed by atoms with Crippen molar-refractivity contribution in [2.75, 3.05) is 18.4 Å². The Kier molecular flexibility index (Phi) is 5.01. The molecule has 0 unspecified atom stereocenters. The van der Waals surface area contributed by atoms with Crippen molar-refractivity contribution < 1.29 is 0 Å². The summed E-state index contributed by atoms with van der Waals surface area (Å²) in [5.41, 5.74) is 8.52. The van der Waals surface area contributed by atoms with Crippen LogP contribution in [-0.2, 0) is 0 Å². The molecule has 0 saturated carbocycles. The van der Waals surface area contributed by atoms with Crippen molar-refractivity contribution in [2.24, 2.45) is 11.1 Å².